The zero-order valence-electron chi connectivity index (χ0n) is 11.2. The van der Waals surface area contributed by atoms with Crippen molar-refractivity contribution in [1.29, 1.82) is 5.26 Å². The summed E-state index contributed by atoms with van der Waals surface area (Å²) in [6.45, 7) is 4.34. The Bertz CT molecular complexity index is 484. The summed E-state index contributed by atoms with van der Waals surface area (Å²) in [4.78, 5) is 2.20. The van der Waals surface area contributed by atoms with E-state index in [1.807, 2.05) is 6.07 Å². The van der Waals surface area contributed by atoms with Gasteiger partial charge in [0.05, 0.1) is 31.0 Å². The van der Waals surface area contributed by atoms with E-state index in [0.29, 0.717) is 18.7 Å². The number of nitriles is 1. The number of rotatable bonds is 5. The third-order valence-corrected chi connectivity index (χ3v) is 3.86. The van der Waals surface area contributed by atoms with Gasteiger partial charge in [-0.05, 0) is 34.1 Å². The first-order chi connectivity index (χ1) is 9.69. The number of morpholine rings is 1. The Labute approximate surface area is 127 Å². The summed E-state index contributed by atoms with van der Waals surface area (Å²) in [5.74, 6) is 0. The van der Waals surface area contributed by atoms with Crippen LogP contribution in [-0.4, -0.2) is 55.5 Å². The van der Waals surface area contributed by atoms with Crippen LogP contribution in [0, 0.1) is 11.3 Å². The van der Waals surface area contributed by atoms with Gasteiger partial charge in [0.25, 0.3) is 0 Å². The van der Waals surface area contributed by atoms with Crippen LogP contribution < -0.4 is 5.32 Å². The molecule has 108 valence electrons. The Kier molecular flexibility index (Phi) is 5.80. The first-order valence-electron chi connectivity index (χ1n) is 6.60. The Morgan fingerprint density at radius 2 is 2.20 bits per heavy atom. The Morgan fingerprint density at radius 3 is 2.85 bits per heavy atom. The maximum absolute atomic E-state index is 10.0. The predicted molar refractivity (Wildman–Crippen MR) is 80.6 cm³/mol. The molecule has 0 aromatic heterocycles. The van der Waals surface area contributed by atoms with Crippen LogP contribution in [0.15, 0.2) is 22.7 Å². The normalized spacial score (nSPS) is 17.4. The van der Waals surface area contributed by atoms with E-state index >= 15 is 0 Å². The molecule has 1 aromatic rings. The van der Waals surface area contributed by atoms with Gasteiger partial charge in [0, 0.05) is 36.3 Å². The molecule has 6 heteroatoms. The molecule has 20 heavy (non-hydrogen) atoms. The van der Waals surface area contributed by atoms with Crippen molar-refractivity contribution >= 4 is 21.6 Å². The number of nitrogens with one attached hydrogen (secondary N) is 1. The van der Waals surface area contributed by atoms with Gasteiger partial charge in [-0.1, -0.05) is 0 Å². The van der Waals surface area contributed by atoms with E-state index in [9.17, 15) is 5.11 Å². The Hall–Kier alpha value is -1.13. The molecular formula is C14H18BrN3O2. The molecule has 2 rings (SSSR count). The standard InChI is InChI=1S/C14H18BrN3O2/c15-13-7-11(8-16)1-2-14(13)17-9-12(19)10-18-3-5-20-6-4-18/h1-2,7,12,17,19H,3-6,9-10H2. The number of hydrogen-bond donors (Lipinski definition) is 2. The van der Waals surface area contributed by atoms with Gasteiger partial charge in [0.1, 0.15) is 0 Å². The number of aliphatic hydroxyl groups excluding tert-OH is 1. The highest BCUT2D eigenvalue weighted by Gasteiger charge is 2.14. The van der Waals surface area contributed by atoms with Gasteiger partial charge in [-0.25, -0.2) is 0 Å². The fourth-order valence-corrected chi connectivity index (χ4v) is 2.62. The number of benzene rings is 1. The number of aliphatic hydroxyl groups is 1. The SMILES string of the molecule is N#Cc1ccc(NCC(O)CN2CCOCC2)c(Br)c1. The van der Waals surface area contributed by atoms with Crippen LogP contribution in [0.3, 0.4) is 0 Å². The van der Waals surface area contributed by atoms with Crippen LogP contribution in [-0.2, 0) is 4.74 Å². The van der Waals surface area contributed by atoms with Crippen LogP contribution >= 0.6 is 15.9 Å². The third kappa shape index (κ3) is 4.46. The molecule has 1 atom stereocenters. The average molecular weight is 340 g/mol. The molecule has 1 aliphatic heterocycles. The molecule has 0 amide bonds. The lowest BCUT2D eigenvalue weighted by molar-refractivity contribution is 0.0171. The monoisotopic (exact) mass is 339 g/mol. The van der Waals surface area contributed by atoms with Crippen LogP contribution in [0.2, 0.25) is 0 Å². The van der Waals surface area contributed by atoms with Crippen LogP contribution in [0.25, 0.3) is 0 Å². The number of ether oxygens (including phenoxy) is 1. The molecule has 0 spiro atoms. The molecule has 0 bridgehead atoms. The molecule has 1 heterocycles. The highest BCUT2D eigenvalue weighted by Crippen LogP contribution is 2.23. The molecule has 0 radical (unpaired) electrons. The minimum Gasteiger partial charge on any atom is -0.390 e. The molecule has 0 aliphatic carbocycles. The number of nitrogens with zero attached hydrogens (tertiary/aromatic N) is 2. The van der Waals surface area contributed by atoms with Gasteiger partial charge in [-0.15, -0.1) is 0 Å². The van der Waals surface area contributed by atoms with Gasteiger partial charge >= 0.3 is 0 Å². The fourth-order valence-electron chi connectivity index (χ4n) is 2.10. The van der Waals surface area contributed by atoms with Crippen LogP contribution in [0.5, 0.6) is 0 Å². The number of halogens is 1. The van der Waals surface area contributed by atoms with E-state index in [1.165, 1.54) is 0 Å². The van der Waals surface area contributed by atoms with Crippen molar-refractivity contribution in [3.63, 3.8) is 0 Å². The number of β-amino-alcohol motifs (C(OH)–C–C–N with tert-alkyl or cyclic N) is 1. The topological polar surface area (TPSA) is 68.5 Å². The summed E-state index contributed by atoms with van der Waals surface area (Å²) in [7, 11) is 0. The van der Waals surface area contributed by atoms with Crippen LogP contribution in [0.1, 0.15) is 5.56 Å². The number of anilines is 1. The fraction of sp³-hybridized carbons (Fsp3) is 0.500. The Morgan fingerprint density at radius 1 is 1.45 bits per heavy atom. The second-order valence-electron chi connectivity index (χ2n) is 4.75. The first-order valence-corrected chi connectivity index (χ1v) is 7.40. The maximum Gasteiger partial charge on any atom is 0.0992 e. The van der Waals surface area contributed by atoms with Gasteiger partial charge in [-0.3, -0.25) is 4.90 Å². The van der Waals surface area contributed by atoms with Crippen molar-refractivity contribution in [2.75, 3.05) is 44.7 Å². The number of hydrogen-bond acceptors (Lipinski definition) is 5. The molecule has 1 unspecified atom stereocenters. The summed E-state index contributed by atoms with van der Waals surface area (Å²) in [5.41, 5.74) is 1.49. The lowest BCUT2D eigenvalue weighted by Gasteiger charge is -2.28. The molecule has 0 saturated carbocycles. The van der Waals surface area contributed by atoms with Crippen molar-refractivity contribution in [1.82, 2.24) is 4.90 Å². The summed E-state index contributed by atoms with van der Waals surface area (Å²) >= 11 is 3.41. The Balaban J connectivity index is 1.80. The molecule has 2 N–H and O–H groups in total. The molecule has 1 aromatic carbocycles. The quantitative estimate of drug-likeness (QED) is 0.849. The molecule has 1 aliphatic rings. The average Bonchev–Trinajstić information content (AvgIpc) is 2.47. The third-order valence-electron chi connectivity index (χ3n) is 3.20. The highest BCUT2D eigenvalue weighted by molar-refractivity contribution is 9.10. The first kappa shape index (κ1) is 15.3. The zero-order valence-corrected chi connectivity index (χ0v) is 12.8. The minimum atomic E-state index is -0.435. The predicted octanol–water partition coefficient (Wildman–Crippen LogP) is 1.43. The van der Waals surface area contributed by atoms with Gasteiger partial charge in [-0.2, -0.15) is 5.26 Å². The van der Waals surface area contributed by atoms with Crippen molar-refractivity contribution in [2.45, 2.75) is 6.10 Å². The summed E-state index contributed by atoms with van der Waals surface area (Å²) in [5, 5.41) is 22.0. The van der Waals surface area contributed by atoms with Gasteiger partial charge in [0.2, 0.25) is 0 Å². The molecule has 1 fully saturated rings. The van der Waals surface area contributed by atoms with E-state index in [2.05, 4.69) is 32.2 Å². The van der Waals surface area contributed by atoms with Crippen molar-refractivity contribution in [2.24, 2.45) is 0 Å². The largest absolute Gasteiger partial charge is 0.390 e. The molecule has 5 nitrogen and oxygen atoms in total. The van der Waals surface area contributed by atoms with Crippen molar-refractivity contribution < 1.29 is 9.84 Å². The summed E-state index contributed by atoms with van der Waals surface area (Å²) in [6.07, 6.45) is -0.435. The second-order valence-corrected chi connectivity index (χ2v) is 5.61. The van der Waals surface area contributed by atoms with Gasteiger partial charge < -0.3 is 15.2 Å². The lowest BCUT2D eigenvalue weighted by Crippen LogP contribution is -2.42. The summed E-state index contributed by atoms with van der Waals surface area (Å²) in [6, 6.07) is 7.44. The highest BCUT2D eigenvalue weighted by atomic mass is 79.9. The van der Waals surface area contributed by atoms with Crippen LogP contribution in [0.4, 0.5) is 5.69 Å². The molecular weight excluding hydrogens is 322 g/mol. The molecule has 1 saturated heterocycles. The minimum absolute atomic E-state index is 0.435. The van der Waals surface area contributed by atoms with Gasteiger partial charge in [0.15, 0.2) is 0 Å². The van der Waals surface area contributed by atoms with Crippen molar-refractivity contribution in [3.8, 4) is 6.07 Å². The zero-order chi connectivity index (χ0) is 14.4. The van der Waals surface area contributed by atoms with E-state index in [0.717, 1.165) is 36.5 Å². The second kappa shape index (κ2) is 7.60. The van der Waals surface area contributed by atoms with E-state index in [4.69, 9.17) is 10.00 Å². The van der Waals surface area contributed by atoms with E-state index in [1.54, 1.807) is 12.1 Å². The lowest BCUT2D eigenvalue weighted by atomic mass is 10.2. The smallest absolute Gasteiger partial charge is 0.0992 e. The maximum atomic E-state index is 10.0. The van der Waals surface area contributed by atoms with Crippen molar-refractivity contribution in [3.05, 3.63) is 28.2 Å². The van der Waals surface area contributed by atoms with E-state index < -0.39 is 6.10 Å². The van der Waals surface area contributed by atoms with E-state index in [-0.39, 0.29) is 0 Å². The summed E-state index contributed by atoms with van der Waals surface area (Å²) < 4.78 is 6.11.